The number of hydrogen-bond donors (Lipinski definition) is 1. The minimum absolute atomic E-state index is 0.177. The Morgan fingerprint density at radius 2 is 1.84 bits per heavy atom. The first-order valence-electron chi connectivity index (χ1n) is 9.55. The van der Waals surface area contributed by atoms with Crippen LogP contribution in [0.15, 0.2) is 82.1 Å². The van der Waals surface area contributed by atoms with Crippen LogP contribution in [0.4, 0.5) is 10.1 Å². The number of carbonyl (C=O) groups excluding carboxylic acids is 2. The second-order valence-electron chi connectivity index (χ2n) is 6.73. The molecular formula is C22H18FN5O2S. The van der Waals surface area contributed by atoms with Crippen LogP contribution in [0.1, 0.15) is 18.4 Å². The quantitative estimate of drug-likeness (QED) is 0.635. The van der Waals surface area contributed by atoms with E-state index in [0.29, 0.717) is 10.7 Å². The number of benzene rings is 1. The van der Waals surface area contributed by atoms with Crippen LogP contribution >= 0.6 is 11.8 Å². The zero-order valence-corrected chi connectivity index (χ0v) is 17.2. The molecule has 2 amide bonds. The summed E-state index contributed by atoms with van der Waals surface area (Å²) in [6.07, 6.45) is 3.75. The highest BCUT2D eigenvalue weighted by molar-refractivity contribution is 7.99. The van der Waals surface area contributed by atoms with Crippen LogP contribution in [0.25, 0.3) is 0 Å². The number of pyridine rings is 2. The van der Waals surface area contributed by atoms with E-state index in [0.717, 1.165) is 10.6 Å². The van der Waals surface area contributed by atoms with Crippen LogP contribution in [-0.2, 0) is 16.1 Å². The molecule has 7 nitrogen and oxygen atoms in total. The smallest absolute Gasteiger partial charge is 0.271 e. The van der Waals surface area contributed by atoms with Gasteiger partial charge in [0.05, 0.1) is 6.54 Å². The van der Waals surface area contributed by atoms with E-state index < -0.39 is 0 Å². The fraction of sp³-hybridized carbons (Fsp3) is 0.136. The number of anilines is 1. The van der Waals surface area contributed by atoms with Gasteiger partial charge in [-0.3, -0.25) is 9.59 Å². The lowest BCUT2D eigenvalue weighted by Gasteiger charge is -2.23. The molecule has 1 aromatic carbocycles. The van der Waals surface area contributed by atoms with E-state index in [1.807, 2.05) is 18.2 Å². The van der Waals surface area contributed by atoms with Gasteiger partial charge in [-0.15, -0.1) is 0 Å². The van der Waals surface area contributed by atoms with E-state index in [9.17, 15) is 14.0 Å². The van der Waals surface area contributed by atoms with Gasteiger partial charge in [-0.2, -0.15) is 5.10 Å². The van der Waals surface area contributed by atoms with Gasteiger partial charge in [0.25, 0.3) is 5.91 Å². The third-order valence-electron chi connectivity index (χ3n) is 4.45. The van der Waals surface area contributed by atoms with Gasteiger partial charge >= 0.3 is 0 Å². The lowest BCUT2D eigenvalue weighted by Crippen LogP contribution is -2.36. The lowest BCUT2D eigenvalue weighted by atomic mass is 10.1. The van der Waals surface area contributed by atoms with Gasteiger partial charge in [0.15, 0.2) is 0 Å². The molecule has 0 spiro atoms. The normalized spacial score (nSPS) is 13.6. The molecule has 0 saturated heterocycles. The summed E-state index contributed by atoms with van der Waals surface area (Å²) >= 11 is 1.38. The summed E-state index contributed by atoms with van der Waals surface area (Å²) in [5, 5.41) is 9.78. The van der Waals surface area contributed by atoms with Crippen molar-refractivity contribution in [1.29, 1.82) is 0 Å². The van der Waals surface area contributed by atoms with Gasteiger partial charge in [0, 0.05) is 30.9 Å². The van der Waals surface area contributed by atoms with Crippen molar-refractivity contribution in [3.8, 4) is 0 Å². The molecule has 1 N–H and O–H groups in total. The molecule has 1 aliphatic heterocycles. The number of nitrogens with one attached hydrogen (secondary N) is 1. The fourth-order valence-electron chi connectivity index (χ4n) is 2.91. The highest BCUT2D eigenvalue weighted by Crippen LogP contribution is 2.25. The molecule has 2 aromatic heterocycles. The van der Waals surface area contributed by atoms with Crippen LogP contribution in [0.2, 0.25) is 0 Å². The summed E-state index contributed by atoms with van der Waals surface area (Å²) in [4.78, 5) is 33.5. The highest BCUT2D eigenvalue weighted by Gasteiger charge is 2.24. The van der Waals surface area contributed by atoms with Crippen LogP contribution in [0.3, 0.4) is 0 Å². The van der Waals surface area contributed by atoms with E-state index in [1.54, 1.807) is 36.7 Å². The van der Waals surface area contributed by atoms with Crippen molar-refractivity contribution >= 4 is 35.0 Å². The van der Waals surface area contributed by atoms with Crippen LogP contribution < -0.4 is 5.32 Å². The molecule has 0 saturated carbocycles. The minimum Gasteiger partial charge on any atom is -0.321 e. The number of aromatic nitrogens is 2. The molecule has 0 radical (unpaired) electrons. The van der Waals surface area contributed by atoms with Crippen molar-refractivity contribution in [1.82, 2.24) is 15.0 Å². The molecular weight excluding hydrogens is 417 g/mol. The van der Waals surface area contributed by atoms with Gasteiger partial charge in [0.1, 0.15) is 21.6 Å². The summed E-state index contributed by atoms with van der Waals surface area (Å²) in [6, 6.07) is 14.9. The van der Waals surface area contributed by atoms with Crippen LogP contribution in [0, 0.1) is 5.82 Å². The number of rotatable bonds is 6. The zero-order chi connectivity index (χ0) is 21.6. The van der Waals surface area contributed by atoms with Crippen LogP contribution in [0.5, 0.6) is 0 Å². The lowest BCUT2D eigenvalue weighted by molar-refractivity contribution is -0.132. The molecule has 0 fully saturated rings. The first kappa shape index (κ1) is 20.7. The number of hydrazone groups is 1. The number of nitrogens with zero attached hydrogens (tertiary/aromatic N) is 4. The maximum absolute atomic E-state index is 13.1. The number of hydrogen-bond acceptors (Lipinski definition) is 6. The summed E-state index contributed by atoms with van der Waals surface area (Å²) in [5.41, 5.74) is 1.56. The van der Waals surface area contributed by atoms with E-state index in [4.69, 9.17) is 0 Å². The average Bonchev–Trinajstić information content (AvgIpc) is 2.78. The van der Waals surface area contributed by atoms with E-state index in [1.165, 1.54) is 28.9 Å². The molecule has 0 bridgehead atoms. The summed E-state index contributed by atoms with van der Waals surface area (Å²) in [5.74, 6) is -0.911. The molecule has 1 aliphatic rings. The Bertz CT molecular complexity index is 1120. The third kappa shape index (κ3) is 5.52. The summed E-state index contributed by atoms with van der Waals surface area (Å²) in [7, 11) is 0. The second-order valence-corrected chi connectivity index (χ2v) is 7.77. The number of halogens is 1. The summed E-state index contributed by atoms with van der Waals surface area (Å²) in [6.45, 7) is 0.177. The number of amides is 2. The van der Waals surface area contributed by atoms with Crippen molar-refractivity contribution in [2.24, 2.45) is 5.10 Å². The van der Waals surface area contributed by atoms with Gasteiger partial charge in [0.2, 0.25) is 5.91 Å². The highest BCUT2D eigenvalue weighted by atomic mass is 32.2. The van der Waals surface area contributed by atoms with Crippen molar-refractivity contribution in [3.63, 3.8) is 0 Å². The van der Waals surface area contributed by atoms with Crippen molar-refractivity contribution in [3.05, 3.63) is 78.4 Å². The maximum Gasteiger partial charge on any atom is 0.271 e. The van der Waals surface area contributed by atoms with Gasteiger partial charge in [-0.1, -0.05) is 30.0 Å². The molecule has 0 atom stereocenters. The largest absolute Gasteiger partial charge is 0.321 e. The van der Waals surface area contributed by atoms with E-state index in [-0.39, 0.29) is 42.7 Å². The molecule has 3 heterocycles. The van der Waals surface area contributed by atoms with Gasteiger partial charge in [-0.25, -0.2) is 19.4 Å². The Hall–Kier alpha value is -3.59. The Balaban J connectivity index is 1.44. The van der Waals surface area contributed by atoms with Crippen molar-refractivity contribution in [2.45, 2.75) is 29.4 Å². The Morgan fingerprint density at radius 1 is 1.03 bits per heavy atom. The molecule has 4 rings (SSSR count). The first-order chi connectivity index (χ1) is 15.1. The molecule has 0 unspecified atom stereocenters. The SMILES string of the molecule is O=C(Nc1ccnc(Sc2ccccn2)c1)C1=NN(Cc2ccc(F)cc2)C(=O)CC1. The molecule has 9 heteroatoms. The van der Waals surface area contributed by atoms with Crippen molar-refractivity contribution < 1.29 is 14.0 Å². The molecule has 156 valence electrons. The minimum atomic E-state index is -0.378. The van der Waals surface area contributed by atoms with E-state index >= 15 is 0 Å². The Morgan fingerprint density at radius 3 is 2.61 bits per heavy atom. The predicted octanol–water partition coefficient (Wildman–Crippen LogP) is 3.88. The fourth-order valence-corrected chi connectivity index (χ4v) is 3.69. The first-order valence-corrected chi connectivity index (χ1v) is 10.4. The standard InChI is InChI=1S/C22H18FN5O2S/c23-16-6-4-15(5-7-16)14-28-21(29)9-8-18(27-28)22(30)26-17-10-12-25-20(13-17)31-19-3-1-2-11-24-19/h1-7,10-13H,8-9,14H2,(H,25,26,30). The topological polar surface area (TPSA) is 87.6 Å². The monoisotopic (exact) mass is 435 g/mol. The average molecular weight is 435 g/mol. The van der Waals surface area contributed by atoms with E-state index in [2.05, 4.69) is 20.4 Å². The van der Waals surface area contributed by atoms with Crippen LogP contribution in [-0.4, -0.2) is 32.5 Å². The maximum atomic E-state index is 13.1. The Kier molecular flexibility index (Phi) is 6.32. The van der Waals surface area contributed by atoms with Crippen molar-refractivity contribution in [2.75, 3.05) is 5.32 Å². The molecule has 0 aliphatic carbocycles. The van der Waals surface area contributed by atoms with Gasteiger partial charge < -0.3 is 5.32 Å². The Labute approximate surface area is 182 Å². The summed E-state index contributed by atoms with van der Waals surface area (Å²) < 4.78 is 13.1. The molecule has 31 heavy (non-hydrogen) atoms. The predicted molar refractivity (Wildman–Crippen MR) is 115 cm³/mol. The van der Waals surface area contributed by atoms with Gasteiger partial charge in [-0.05, 0) is 42.0 Å². The second kappa shape index (κ2) is 9.48. The molecule has 3 aromatic rings. The zero-order valence-electron chi connectivity index (χ0n) is 16.4. The third-order valence-corrected chi connectivity index (χ3v) is 5.34. The number of carbonyl (C=O) groups is 2.